The zero-order valence-corrected chi connectivity index (χ0v) is 13.6. The Labute approximate surface area is 138 Å². The molecule has 3 N–H and O–H groups in total. The van der Waals surface area contributed by atoms with E-state index in [9.17, 15) is 27.6 Å². The summed E-state index contributed by atoms with van der Waals surface area (Å²) < 4.78 is 37.6. The molecule has 24 heavy (non-hydrogen) atoms. The summed E-state index contributed by atoms with van der Waals surface area (Å²) in [6.07, 6.45) is -3.50. The molecule has 10 heteroatoms. The number of halogens is 3. The fourth-order valence-corrected chi connectivity index (χ4v) is 2.58. The number of hydrogen-bond donors (Lipinski definition) is 2. The third-order valence-electron chi connectivity index (χ3n) is 3.81. The number of piperidine rings is 1. The zero-order valence-electron chi connectivity index (χ0n) is 13.6. The van der Waals surface area contributed by atoms with Gasteiger partial charge in [-0.2, -0.15) is 13.2 Å². The van der Waals surface area contributed by atoms with Crippen LogP contribution in [-0.4, -0.2) is 73.0 Å². The van der Waals surface area contributed by atoms with E-state index in [-0.39, 0.29) is 32.1 Å². The van der Waals surface area contributed by atoms with Gasteiger partial charge in [0.1, 0.15) is 6.54 Å². The van der Waals surface area contributed by atoms with Crippen LogP contribution in [-0.2, 0) is 14.4 Å². The van der Waals surface area contributed by atoms with Gasteiger partial charge in [-0.25, -0.2) is 0 Å². The summed E-state index contributed by atoms with van der Waals surface area (Å²) in [7, 11) is 0. The normalized spacial score (nSPS) is 18.2. The van der Waals surface area contributed by atoms with Crippen molar-refractivity contribution in [3.05, 3.63) is 0 Å². The Morgan fingerprint density at radius 2 is 2.00 bits per heavy atom. The molecule has 1 atom stereocenters. The summed E-state index contributed by atoms with van der Waals surface area (Å²) in [5.41, 5.74) is 5.12. The minimum Gasteiger partial charge on any atom is -0.346 e. The summed E-state index contributed by atoms with van der Waals surface area (Å²) in [5, 5.41) is 2.34. The molecule has 0 aromatic rings. The molecule has 1 fully saturated rings. The highest BCUT2D eigenvalue weighted by Crippen LogP contribution is 2.22. The number of amides is 3. The van der Waals surface area contributed by atoms with Crippen LogP contribution in [0.1, 0.15) is 19.8 Å². The summed E-state index contributed by atoms with van der Waals surface area (Å²) in [5.74, 6) is -2.11. The first kappa shape index (κ1) is 20.2. The summed E-state index contributed by atoms with van der Waals surface area (Å²) in [6, 6.07) is 0. The number of rotatable bonds is 6. The lowest BCUT2D eigenvalue weighted by Crippen LogP contribution is -2.50. The number of alkyl halides is 3. The van der Waals surface area contributed by atoms with Crippen LogP contribution in [0.5, 0.6) is 0 Å². The Balaban J connectivity index is 2.62. The van der Waals surface area contributed by atoms with E-state index in [2.05, 4.69) is 5.32 Å². The Hall–Kier alpha value is -1.84. The minimum atomic E-state index is -4.46. The predicted molar refractivity (Wildman–Crippen MR) is 79.7 cm³/mol. The number of carbonyl (C=O) groups is 3. The number of nitrogens with one attached hydrogen (secondary N) is 1. The molecule has 0 aromatic carbocycles. The van der Waals surface area contributed by atoms with E-state index >= 15 is 0 Å². The van der Waals surface area contributed by atoms with Gasteiger partial charge in [0.2, 0.25) is 17.7 Å². The van der Waals surface area contributed by atoms with Gasteiger partial charge in [-0.15, -0.1) is 0 Å². The van der Waals surface area contributed by atoms with Crippen LogP contribution < -0.4 is 11.1 Å². The van der Waals surface area contributed by atoms with Gasteiger partial charge in [-0.1, -0.05) is 0 Å². The molecule has 1 heterocycles. The third-order valence-corrected chi connectivity index (χ3v) is 3.81. The molecule has 0 saturated carbocycles. The predicted octanol–water partition coefficient (Wildman–Crippen LogP) is -0.289. The van der Waals surface area contributed by atoms with Crippen molar-refractivity contribution in [2.75, 3.05) is 39.3 Å². The molecule has 0 bridgehead atoms. The molecule has 1 unspecified atom stereocenters. The van der Waals surface area contributed by atoms with Gasteiger partial charge >= 0.3 is 6.18 Å². The first-order valence-corrected chi connectivity index (χ1v) is 7.78. The smallest absolute Gasteiger partial charge is 0.346 e. The second-order valence-corrected chi connectivity index (χ2v) is 5.63. The largest absolute Gasteiger partial charge is 0.406 e. The van der Waals surface area contributed by atoms with Crippen LogP contribution in [0.25, 0.3) is 0 Å². The molecular formula is C14H23F3N4O3. The number of nitrogens with two attached hydrogens (primary N) is 1. The molecule has 3 amide bonds. The summed E-state index contributed by atoms with van der Waals surface area (Å²) >= 11 is 0. The highest BCUT2D eigenvalue weighted by Gasteiger charge is 2.36. The molecule has 0 aliphatic carbocycles. The second-order valence-electron chi connectivity index (χ2n) is 5.63. The van der Waals surface area contributed by atoms with Crippen LogP contribution in [0, 0.1) is 5.92 Å². The van der Waals surface area contributed by atoms with Crippen molar-refractivity contribution in [1.82, 2.24) is 15.1 Å². The van der Waals surface area contributed by atoms with Crippen LogP contribution in [0.3, 0.4) is 0 Å². The quantitative estimate of drug-likeness (QED) is 0.687. The molecule has 0 spiro atoms. The van der Waals surface area contributed by atoms with Crippen molar-refractivity contribution < 1.29 is 27.6 Å². The van der Waals surface area contributed by atoms with Crippen molar-refractivity contribution in [3.8, 4) is 0 Å². The standard InChI is InChI=1S/C14H23F3N4O3/c1-2-20(9-14(15,16)17)13(24)10-4-3-5-21(8-10)12(23)7-19-11(22)6-18/h10H,2-9,18H2,1H3,(H,19,22). The Kier molecular flexibility index (Phi) is 7.46. The van der Waals surface area contributed by atoms with E-state index in [0.29, 0.717) is 19.4 Å². The van der Waals surface area contributed by atoms with Gasteiger partial charge in [0, 0.05) is 19.6 Å². The second kappa shape index (κ2) is 8.86. The number of carbonyl (C=O) groups excluding carboxylic acids is 3. The van der Waals surface area contributed by atoms with Crippen LogP contribution in [0.15, 0.2) is 0 Å². The lowest BCUT2D eigenvalue weighted by Gasteiger charge is -2.35. The zero-order chi connectivity index (χ0) is 18.3. The highest BCUT2D eigenvalue weighted by atomic mass is 19.4. The number of hydrogen-bond acceptors (Lipinski definition) is 4. The van der Waals surface area contributed by atoms with Gasteiger partial charge in [-0.3, -0.25) is 14.4 Å². The topological polar surface area (TPSA) is 95.7 Å². The molecule has 0 aromatic heterocycles. The molecule has 7 nitrogen and oxygen atoms in total. The molecule has 1 aliphatic heterocycles. The van der Waals surface area contributed by atoms with Gasteiger partial charge in [0.25, 0.3) is 0 Å². The van der Waals surface area contributed by atoms with Crippen LogP contribution in [0.4, 0.5) is 13.2 Å². The Morgan fingerprint density at radius 1 is 1.33 bits per heavy atom. The molecular weight excluding hydrogens is 329 g/mol. The van der Waals surface area contributed by atoms with Crippen LogP contribution >= 0.6 is 0 Å². The van der Waals surface area contributed by atoms with Gasteiger partial charge in [-0.05, 0) is 19.8 Å². The van der Waals surface area contributed by atoms with E-state index < -0.39 is 30.5 Å². The maximum Gasteiger partial charge on any atom is 0.406 e. The third kappa shape index (κ3) is 6.34. The summed E-state index contributed by atoms with van der Waals surface area (Å²) in [6.45, 7) is 0.137. The summed E-state index contributed by atoms with van der Waals surface area (Å²) in [4.78, 5) is 37.5. The highest BCUT2D eigenvalue weighted by molar-refractivity contribution is 5.86. The molecule has 1 rings (SSSR count). The van der Waals surface area contributed by atoms with Gasteiger partial charge < -0.3 is 20.9 Å². The van der Waals surface area contributed by atoms with Crippen molar-refractivity contribution >= 4 is 17.7 Å². The average molecular weight is 352 g/mol. The van der Waals surface area contributed by atoms with E-state index in [0.717, 1.165) is 4.90 Å². The van der Waals surface area contributed by atoms with Crippen molar-refractivity contribution in [2.24, 2.45) is 11.7 Å². The fraction of sp³-hybridized carbons (Fsp3) is 0.786. The average Bonchev–Trinajstić information content (AvgIpc) is 2.55. The van der Waals surface area contributed by atoms with E-state index in [1.807, 2.05) is 0 Å². The first-order chi connectivity index (χ1) is 11.2. The van der Waals surface area contributed by atoms with E-state index in [1.54, 1.807) is 0 Å². The molecule has 1 saturated heterocycles. The molecule has 0 radical (unpaired) electrons. The molecule has 138 valence electrons. The first-order valence-electron chi connectivity index (χ1n) is 7.78. The monoisotopic (exact) mass is 352 g/mol. The fourth-order valence-electron chi connectivity index (χ4n) is 2.58. The van der Waals surface area contributed by atoms with E-state index in [1.165, 1.54) is 11.8 Å². The lowest BCUT2D eigenvalue weighted by atomic mass is 9.96. The molecule has 1 aliphatic rings. The van der Waals surface area contributed by atoms with Crippen molar-refractivity contribution in [2.45, 2.75) is 25.9 Å². The van der Waals surface area contributed by atoms with Gasteiger partial charge in [0.05, 0.1) is 19.0 Å². The Morgan fingerprint density at radius 3 is 2.54 bits per heavy atom. The SMILES string of the molecule is CCN(CC(F)(F)F)C(=O)C1CCCN(C(=O)CNC(=O)CN)C1. The Bertz CT molecular complexity index is 471. The van der Waals surface area contributed by atoms with Gasteiger partial charge in [0.15, 0.2) is 0 Å². The minimum absolute atomic E-state index is 0.0463. The lowest BCUT2D eigenvalue weighted by molar-refractivity contribution is -0.164. The number of nitrogens with zero attached hydrogens (tertiary/aromatic N) is 2. The number of likely N-dealkylation sites (tertiary alicyclic amines) is 1. The van der Waals surface area contributed by atoms with E-state index in [4.69, 9.17) is 5.73 Å². The maximum absolute atomic E-state index is 12.5. The van der Waals surface area contributed by atoms with Crippen LogP contribution in [0.2, 0.25) is 0 Å². The van der Waals surface area contributed by atoms with Crippen molar-refractivity contribution in [3.63, 3.8) is 0 Å². The maximum atomic E-state index is 12.5. The van der Waals surface area contributed by atoms with Crippen molar-refractivity contribution in [1.29, 1.82) is 0 Å².